The van der Waals surface area contributed by atoms with Gasteiger partial charge in [0.15, 0.2) is 23.0 Å². The Morgan fingerprint density at radius 3 is 2.59 bits per heavy atom. The van der Waals surface area contributed by atoms with E-state index >= 15 is 0 Å². The number of amides is 1. The zero-order valence-corrected chi connectivity index (χ0v) is 17.3. The summed E-state index contributed by atoms with van der Waals surface area (Å²) in [5, 5.41) is 20.6. The highest BCUT2D eigenvalue weighted by molar-refractivity contribution is 6.14. The Kier molecular flexibility index (Phi) is 5.81. The van der Waals surface area contributed by atoms with Gasteiger partial charge < -0.3 is 24.3 Å². The molecule has 0 spiro atoms. The number of aromatic hydroxyl groups is 1. The number of carbonyl (C=O) groups excluding carboxylic acids is 2. The third kappa shape index (κ3) is 4.00. The molecule has 0 fully saturated rings. The molecular formula is C25H21NO6. The van der Waals surface area contributed by atoms with Crippen LogP contribution in [0.3, 0.4) is 0 Å². The van der Waals surface area contributed by atoms with Gasteiger partial charge in [-0.3, -0.25) is 9.59 Å². The lowest BCUT2D eigenvalue weighted by atomic mass is 9.95. The third-order valence-corrected chi connectivity index (χ3v) is 5.22. The number of rotatable bonds is 7. The lowest BCUT2D eigenvalue weighted by Crippen LogP contribution is -2.30. The molecule has 1 aromatic heterocycles. The van der Waals surface area contributed by atoms with E-state index in [0.717, 1.165) is 5.56 Å². The lowest BCUT2D eigenvalue weighted by Gasteiger charge is -2.26. The Balaban J connectivity index is 1.75. The van der Waals surface area contributed by atoms with Crippen molar-refractivity contribution in [3.8, 4) is 11.5 Å². The third-order valence-electron chi connectivity index (χ3n) is 5.22. The second kappa shape index (κ2) is 8.85. The molecule has 0 radical (unpaired) electrons. The van der Waals surface area contributed by atoms with Gasteiger partial charge in [0, 0.05) is 0 Å². The fourth-order valence-corrected chi connectivity index (χ4v) is 3.68. The number of phenolic OH excluding ortho intramolecular Hbond substituents is 1. The first-order valence-electron chi connectivity index (χ1n) is 9.90. The number of nitrogens with zero attached hydrogens (tertiary/aromatic N) is 1. The van der Waals surface area contributed by atoms with E-state index in [0.29, 0.717) is 11.3 Å². The van der Waals surface area contributed by atoms with Crippen LogP contribution in [0.4, 0.5) is 0 Å². The number of hydrogen-bond donors (Lipinski definition) is 2. The lowest BCUT2D eigenvalue weighted by molar-refractivity contribution is -0.130. The number of phenols is 1. The number of aliphatic hydroxyl groups is 1. The van der Waals surface area contributed by atoms with Crippen LogP contribution in [0.1, 0.15) is 22.9 Å². The molecule has 32 heavy (non-hydrogen) atoms. The maximum Gasteiger partial charge on any atom is 0.290 e. The van der Waals surface area contributed by atoms with E-state index in [1.54, 1.807) is 24.3 Å². The number of furan rings is 1. The van der Waals surface area contributed by atoms with Crippen molar-refractivity contribution in [3.05, 3.63) is 101 Å². The topological polar surface area (TPSA) is 100 Å². The van der Waals surface area contributed by atoms with Crippen molar-refractivity contribution in [2.75, 3.05) is 7.11 Å². The second-order valence-electron chi connectivity index (χ2n) is 7.22. The minimum atomic E-state index is -0.893. The Bertz CT molecular complexity index is 1190. The molecule has 7 heteroatoms. The Hall–Kier alpha value is -4.26. The largest absolute Gasteiger partial charge is 0.504 e. The van der Waals surface area contributed by atoms with Gasteiger partial charge in [-0.25, -0.2) is 0 Å². The molecule has 3 aromatic rings. The molecule has 1 aliphatic heterocycles. The van der Waals surface area contributed by atoms with Crippen LogP contribution in [0, 0.1) is 0 Å². The first-order chi connectivity index (χ1) is 15.5. The van der Waals surface area contributed by atoms with E-state index < -0.39 is 23.5 Å². The van der Waals surface area contributed by atoms with Crippen molar-refractivity contribution in [2.45, 2.75) is 12.6 Å². The van der Waals surface area contributed by atoms with Gasteiger partial charge in [-0.1, -0.05) is 42.5 Å². The predicted octanol–water partition coefficient (Wildman–Crippen LogP) is 4.17. The Morgan fingerprint density at radius 1 is 1.12 bits per heavy atom. The Morgan fingerprint density at radius 2 is 1.91 bits per heavy atom. The maximum atomic E-state index is 13.1. The molecule has 7 nitrogen and oxygen atoms in total. The molecule has 0 saturated carbocycles. The van der Waals surface area contributed by atoms with Crippen LogP contribution in [0.15, 0.2) is 88.8 Å². The van der Waals surface area contributed by atoms with E-state index in [4.69, 9.17) is 9.15 Å². The minimum absolute atomic E-state index is 0.0446. The molecule has 4 rings (SSSR count). The summed E-state index contributed by atoms with van der Waals surface area (Å²) in [4.78, 5) is 27.4. The van der Waals surface area contributed by atoms with Crippen molar-refractivity contribution in [3.63, 3.8) is 0 Å². The number of carbonyl (C=O) groups is 2. The highest BCUT2D eigenvalue weighted by Gasteiger charge is 2.43. The molecule has 1 atom stereocenters. The van der Waals surface area contributed by atoms with Gasteiger partial charge >= 0.3 is 0 Å². The van der Waals surface area contributed by atoms with Crippen molar-refractivity contribution >= 4 is 17.8 Å². The monoisotopic (exact) mass is 431 g/mol. The van der Waals surface area contributed by atoms with Crippen LogP contribution in [0.2, 0.25) is 0 Å². The number of methoxy groups -OCH3 is 1. The molecular weight excluding hydrogens is 410 g/mol. The van der Waals surface area contributed by atoms with Crippen LogP contribution < -0.4 is 4.74 Å². The van der Waals surface area contributed by atoms with Crippen LogP contribution in [-0.4, -0.2) is 33.9 Å². The van der Waals surface area contributed by atoms with Crippen LogP contribution in [0.25, 0.3) is 6.08 Å². The van der Waals surface area contributed by atoms with Gasteiger partial charge in [-0.15, -0.1) is 0 Å². The van der Waals surface area contributed by atoms with Crippen LogP contribution >= 0.6 is 0 Å². The van der Waals surface area contributed by atoms with Gasteiger partial charge in [-0.2, -0.15) is 0 Å². The highest BCUT2D eigenvalue weighted by Crippen LogP contribution is 2.41. The molecule has 2 aromatic carbocycles. The van der Waals surface area contributed by atoms with Gasteiger partial charge in [0.05, 0.1) is 31.5 Å². The number of allylic oxidation sites excluding steroid dienone is 1. The zero-order valence-electron chi connectivity index (χ0n) is 17.3. The quantitative estimate of drug-likeness (QED) is 0.545. The molecule has 0 saturated heterocycles. The minimum Gasteiger partial charge on any atom is -0.504 e. The van der Waals surface area contributed by atoms with E-state index in [-0.39, 0.29) is 23.6 Å². The maximum absolute atomic E-state index is 13.1. The average Bonchev–Trinajstić information content (AvgIpc) is 3.41. The fourth-order valence-electron chi connectivity index (χ4n) is 3.68. The summed E-state index contributed by atoms with van der Waals surface area (Å²) < 4.78 is 10.6. The summed E-state index contributed by atoms with van der Waals surface area (Å²) in [6.45, 7) is 0.0446. The summed E-state index contributed by atoms with van der Waals surface area (Å²) in [6, 6.07) is 16.3. The van der Waals surface area contributed by atoms with Crippen molar-refractivity contribution < 1.29 is 29.0 Å². The number of ketones is 1. The number of ether oxygens (including phenoxy) is 1. The fraction of sp³-hybridized carbons (Fsp3) is 0.120. The van der Waals surface area contributed by atoms with Gasteiger partial charge in [0.25, 0.3) is 5.91 Å². The molecule has 1 amide bonds. The molecule has 2 heterocycles. The van der Waals surface area contributed by atoms with E-state index in [1.807, 2.05) is 30.3 Å². The number of benzene rings is 2. The SMILES string of the molecule is COc1cc([C@H]2C(C(=O)/C=C\c3ccccc3)=C(O)C(=O)N2Cc2ccco2)ccc1O. The van der Waals surface area contributed by atoms with Crippen molar-refractivity contribution in [1.29, 1.82) is 0 Å². The summed E-state index contributed by atoms with van der Waals surface area (Å²) in [6.07, 6.45) is 4.43. The van der Waals surface area contributed by atoms with Crippen LogP contribution in [0.5, 0.6) is 11.5 Å². The van der Waals surface area contributed by atoms with Gasteiger partial charge in [0.1, 0.15) is 5.76 Å². The molecule has 162 valence electrons. The molecule has 2 N–H and O–H groups in total. The average molecular weight is 431 g/mol. The first kappa shape index (κ1) is 21.0. The molecule has 1 aliphatic rings. The van der Waals surface area contributed by atoms with E-state index in [1.165, 1.54) is 36.5 Å². The summed E-state index contributed by atoms with van der Waals surface area (Å²) >= 11 is 0. The van der Waals surface area contributed by atoms with Crippen molar-refractivity contribution in [2.24, 2.45) is 0 Å². The molecule has 0 unspecified atom stereocenters. The number of hydrogen-bond acceptors (Lipinski definition) is 6. The molecule has 0 aliphatic carbocycles. The Labute approximate surface area is 184 Å². The molecule has 0 bridgehead atoms. The second-order valence-corrected chi connectivity index (χ2v) is 7.22. The normalized spacial score (nSPS) is 16.2. The van der Waals surface area contributed by atoms with E-state index in [9.17, 15) is 19.8 Å². The first-order valence-corrected chi connectivity index (χ1v) is 9.90. The van der Waals surface area contributed by atoms with E-state index in [2.05, 4.69) is 0 Å². The van der Waals surface area contributed by atoms with Gasteiger partial charge in [0.2, 0.25) is 0 Å². The standard InChI is InChI=1S/C25H21NO6/c1-31-21-14-17(10-12-19(21)27)23-22(20(28)11-9-16-6-3-2-4-7-16)24(29)25(30)26(23)15-18-8-5-13-32-18/h2-14,23,27,29H,15H2,1H3/b11-9-/t23-/m0/s1. The smallest absolute Gasteiger partial charge is 0.290 e. The number of aliphatic hydroxyl groups excluding tert-OH is 1. The summed E-state index contributed by atoms with van der Waals surface area (Å²) in [5.74, 6) is -1.20. The van der Waals surface area contributed by atoms with Gasteiger partial charge in [-0.05, 0) is 41.5 Å². The van der Waals surface area contributed by atoms with Crippen LogP contribution in [-0.2, 0) is 16.1 Å². The zero-order chi connectivity index (χ0) is 22.7. The predicted molar refractivity (Wildman–Crippen MR) is 117 cm³/mol. The highest BCUT2D eigenvalue weighted by atomic mass is 16.5. The summed E-state index contributed by atoms with van der Waals surface area (Å²) in [7, 11) is 1.40. The van der Waals surface area contributed by atoms with Crippen molar-refractivity contribution in [1.82, 2.24) is 4.90 Å². The summed E-state index contributed by atoms with van der Waals surface area (Å²) in [5.41, 5.74) is 1.25.